The minimum atomic E-state index is -4.25. The molecule has 0 unspecified atom stereocenters. The predicted octanol–water partition coefficient (Wildman–Crippen LogP) is 2.60. The molecule has 0 aliphatic heterocycles. The number of fused-ring (bicyclic) bond motifs is 1. The van der Waals surface area contributed by atoms with Crippen molar-refractivity contribution in [2.24, 2.45) is 0 Å². The zero-order valence-electron chi connectivity index (χ0n) is 10.8. The van der Waals surface area contributed by atoms with Gasteiger partial charge < -0.3 is 5.32 Å². The Labute approximate surface area is 116 Å². The first-order valence-electron chi connectivity index (χ1n) is 5.76. The fourth-order valence-electron chi connectivity index (χ4n) is 1.76. The van der Waals surface area contributed by atoms with E-state index in [1.54, 1.807) is 25.1 Å². The summed E-state index contributed by atoms with van der Waals surface area (Å²) in [6.07, 6.45) is 0. The van der Waals surface area contributed by atoms with E-state index in [1.165, 1.54) is 18.2 Å². The molecule has 0 bridgehead atoms. The lowest BCUT2D eigenvalue weighted by Crippen LogP contribution is -2.12. The van der Waals surface area contributed by atoms with Crippen molar-refractivity contribution in [2.45, 2.75) is 11.8 Å². The van der Waals surface area contributed by atoms with Gasteiger partial charge in [-0.1, -0.05) is 24.8 Å². The molecule has 6 heteroatoms. The van der Waals surface area contributed by atoms with Gasteiger partial charge in [-0.3, -0.25) is 9.35 Å². The monoisotopic (exact) mass is 291 g/mol. The molecule has 2 aromatic carbocycles. The number of amides is 1. The summed E-state index contributed by atoms with van der Waals surface area (Å²) < 4.78 is 31.2. The van der Waals surface area contributed by atoms with Gasteiger partial charge in [-0.05, 0) is 30.5 Å². The highest BCUT2D eigenvalue weighted by Crippen LogP contribution is 2.26. The van der Waals surface area contributed by atoms with Crippen molar-refractivity contribution < 1.29 is 17.8 Å². The largest absolute Gasteiger partial charge is 0.322 e. The second kappa shape index (κ2) is 5.07. The first-order chi connectivity index (χ1) is 9.29. The van der Waals surface area contributed by atoms with Crippen LogP contribution in [0.3, 0.4) is 0 Å². The van der Waals surface area contributed by atoms with Gasteiger partial charge in [-0.15, -0.1) is 0 Å². The van der Waals surface area contributed by atoms with Crippen molar-refractivity contribution in [3.63, 3.8) is 0 Å². The van der Waals surface area contributed by atoms with Crippen LogP contribution in [0.5, 0.6) is 0 Å². The number of carbonyl (C=O) groups excluding carboxylic acids is 1. The van der Waals surface area contributed by atoms with Crippen molar-refractivity contribution >= 4 is 32.5 Å². The third-order valence-corrected chi connectivity index (χ3v) is 3.64. The molecule has 0 heterocycles. The molecule has 0 aromatic heterocycles. The summed E-state index contributed by atoms with van der Waals surface area (Å²) in [4.78, 5) is 11.4. The molecule has 0 saturated carbocycles. The number of nitrogens with one attached hydrogen (secondary N) is 1. The fourth-order valence-corrected chi connectivity index (χ4v) is 2.28. The van der Waals surface area contributed by atoms with Crippen molar-refractivity contribution in [2.75, 3.05) is 5.32 Å². The Morgan fingerprint density at radius 2 is 1.95 bits per heavy atom. The molecule has 0 fully saturated rings. The highest BCUT2D eigenvalue weighted by molar-refractivity contribution is 7.85. The minimum absolute atomic E-state index is 0.187. The predicted molar refractivity (Wildman–Crippen MR) is 77.2 cm³/mol. The molecule has 0 atom stereocenters. The molecular formula is C14H13NO4S. The van der Waals surface area contributed by atoms with Gasteiger partial charge in [-0.2, -0.15) is 8.42 Å². The van der Waals surface area contributed by atoms with Gasteiger partial charge in [0.1, 0.15) is 0 Å². The molecule has 5 nitrogen and oxygen atoms in total. The second-order valence-electron chi connectivity index (χ2n) is 4.40. The Morgan fingerprint density at radius 1 is 1.25 bits per heavy atom. The molecule has 20 heavy (non-hydrogen) atoms. The summed E-state index contributed by atoms with van der Waals surface area (Å²) in [5.41, 5.74) is 0.925. The number of hydrogen-bond acceptors (Lipinski definition) is 3. The van der Waals surface area contributed by atoms with Gasteiger partial charge in [0.2, 0.25) is 0 Å². The highest BCUT2D eigenvalue weighted by atomic mass is 32.2. The van der Waals surface area contributed by atoms with Crippen LogP contribution in [0.15, 0.2) is 53.4 Å². The third-order valence-electron chi connectivity index (χ3n) is 2.79. The number of rotatable bonds is 3. The van der Waals surface area contributed by atoms with E-state index in [4.69, 9.17) is 4.55 Å². The summed E-state index contributed by atoms with van der Waals surface area (Å²) >= 11 is 0. The normalized spacial score (nSPS) is 11.3. The molecular weight excluding hydrogens is 278 g/mol. The Hall–Kier alpha value is -2.18. The first-order valence-corrected chi connectivity index (χ1v) is 7.20. The molecule has 1 amide bonds. The lowest BCUT2D eigenvalue weighted by Gasteiger charge is -2.09. The molecule has 104 valence electrons. The lowest BCUT2D eigenvalue weighted by atomic mass is 10.1. The standard InChI is InChI=1S/C14H13NO4S/c1-9(2)14(16)15-13-5-3-4-10-8-11(20(17,18)19)6-7-12(10)13/h3-8H,1H2,2H3,(H,15,16)(H,17,18,19). The van der Waals surface area contributed by atoms with E-state index in [-0.39, 0.29) is 10.8 Å². The Morgan fingerprint density at radius 3 is 2.55 bits per heavy atom. The molecule has 2 aromatic rings. The Bertz CT molecular complexity index is 809. The third kappa shape index (κ3) is 2.87. The average Bonchev–Trinajstić information content (AvgIpc) is 2.37. The molecule has 2 N–H and O–H groups in total. The Balaban J connectivity index is 2.54. The molecule has 0 spiro atoms. The maximum Gasteiger partial charge on any atom is 0.294 e. The smallest absolute Gasteiger partial charge is 0.294 e. The van der Waals surface area contributed by atoms with Crippen molar-refractivity contribution in [1.82, 2.24) is 0 Å². The fraction of sp³-hybridized carbons (Fsp3) is 0.0714. The minimum Gasteiger partial charge on any atom is -0.322 e. The lowest BCUT2D eigenvalue weighted by molar-refractivity contribution is -0.112. The zero-order valence-corrected chi connectivity index (χ0v) is 11.6. The zero-order chi connectivity index (χ0) is 14.9. The molecule has 0 aliphatic carbocycles. The van der Waals surface area contributed by atoms with E-state index in [2.05, 4.69) is 11.9 Å². The van der Waals surface area contributed by atoms with E-state index < -0.39 is 10.1 Å². The van der Waals surface area contributed by atoms with E-state index in [0.29, 0.717) is 22.0 Å². The van der Waals surface area contributed by atoms with E-state index in [0.717, 1.165) is 0 Å². The van der Waals surface area contributed by atoms with E-state index in [9.17, 15) is 13.2 Å². The van der Waals surface area contributed by atoms with Crippen LogP contribution in [0.2, 0.25) is 0 Å². The van der Waals surface area contributed by atoms with Crippen LogP contribution in [0.1, 0.15) is 6.92 Å². The number of carbonyl (C=O) groups is 1. The molecule has 0 saturated heterocycles. The second-order valence-corrected chi connectivity index (χ2v) is 5.82. The molecule has 0 aliphatic rings. The Kier molecular flexibility index (Phi) is 3.61. The van der Waals surface area contributed by atoms with Gasteiger partial charge in [0.25, 0.3) is 16.0 Å². The molecule has 0 radical (unpaired) electrons. The highest BCUT2D eigenvalue weighted by Gasteiger charge is 2.12. The van der Waals surface area contributed by atoms with Crippen molar-refractivity contribution in [3.05, 3.63) is 48.6 Å². The topological polar surface area (TPSA) is 83.5 Å². The van der Waals surface area contributed by atoms with E-state index >= 15 is 0 Å². The quantitative estimate of drug-likeness (QED) is 0.672. The number of benzene rings is 2. The summed E-state index contributed by atoms with van der Waals surface area (Å²) in [5, 5.41) is 3.96. The van der Waals surface area contributed by atoms with Gasteiger partial charge in [0.05, 0.1) is 4.90 Å². The van der Waals surface area contributed by atoms with Gasteiger partial charge in [0, 0.05) is 16.6 Å². The van der Waals surface area contributed by atoms with Gasteiger partial charge in [-0.25, -0.2) is 0 Å². The van der Waals surface area contributed by atoms with Crippen LogP contribution in [-0.2, 0) is 14.9 Å². The van der Waals surface area contributed by atoms with Crippen LogP contribution in [0.25, 0.3) is 10.8 Å². The maximum absolute atomic E-state index is 11.6. The summed E-state index contributed by atoms with van der Waals surface area (Å²) in [5.74, 6) is -0.309. The molecule has 2 rings (SSSR count). The van der Waals surface area contributed by atoms with Crippen LogP contribution in [-0.4, -0.2) is 18.9 Å². The van der Waals surface area contributed by atoms with Crippen LogP contribution < -0.4 is 5.32 Å². The van der Waals surface area contributed by atoms with E-state index in [1.807, 2.05) is 0 Å². The summed E-state index contributed by atoms with van der Waals surface area (Å²) in [6, 6.07) is 9.25. The SMILES string of the molecule is C=C(C)C(=O)Nc1cccc2cc(S(=O)(=O)O)ccc12. The van der Waals surface area contributed by atoms with Crippen molar-refractivity contribution in [1.29, 1.82) is 0 Å². The van der Waals surface area contributed by atoms with Crippen LogP contribution in [0, 0.1) is 0 Å². The van der Waals surface area contributed by atoms with Crippen LogP contribution in [0.4, 0.5) is 5.69 Å². The number of hydrogen-bond donors (Lipinski definition) is 2. The summed E-state index contributed by atoms with van der Waals surface area (Å²) in [7, 11) is -4.25. The van der Waals surface area contributed by atoms with Crippen molar-refractivity contribution in [3.8, 4) is 0 Å². The van der Waals surface area contributed by atoms with Gasteiger partial charge >= 0.3 is 0 Å². The number of anilines is 1. The average molecular weight is 291 g/mol. The van der Waals surface area contributed by atoms with Gasteiger partial charge in [0.15, 0.2) is 0 Å². The maximum atomic E-state index is 11.6. The first kappa shape index (κ1) is 14.2. The summed E-state index contributed by atoms with van der Waals surface area (Å²) in [6.45, 7) is 5.15. The van der Waals surface area contributed by atoms with Crippen LogP contribution >= 0.6 is 0 Å².